The lowest BCUT2D eigenvalue weighted by molar-refractivity contribution is 0.166. The number of carbonyl (C=O) groups is 1. The molecule has 3 N–H and O–H groups in total. The summed E-state index contributed by atoms with van der Waals surface area (Å²) in [5.74, 6) is -0.508. The summed E-state index contributed by atoms with van der Waals surface area (Å²) in [4.78, 5) is 20.5. The van der Waals surface area contributed by atoms with Crippen molar-refractivity contribution >= 4 is 39.4 Å². The second kappa shape index (κ2) is 10.1. The van der Waals surface area contributed by atoms with Crippen LogP contribution in [0.1, 0.15) is 32.7 Å². The molecule has 1 fully saturated rings. The summed E-state index contributed by atoms with van der Waals surface area (Å²) in [6.07, 6.45) is 5.29. The molecule has 1 amide bonds. The Balaban J connectivity index is 1.71. The molecule has 0 atom stereocenters. The Kier molecular flexibility index (Phi) is 7.29. The maximum absolute atomic E-state index is 15.5. The SMILES string of the molecule is COC(=O)NC1(CNc2nccc(-c3cn(C(C)C)nc3-c3cc(Cl)cc(NS(C)(=O)=O)c3F)n2)CC1. The van der Waals surface area contributed by atoms with E-state index in [0.29, 0.717) is 23.8 Å². The van der Waals surface area contributed by atoms with E-state index in [2.05, 4.69) is 35.2 Å². The number of methoxy groups -OCH3 is 1. The summed E-state index contributed by atoms with van der Waals surface area (Å²) in [5.41, 5.74) is 0.503. The number of halogens is 2. The Morgan fingerprint density at radius 1 is 1.30 bits per heavy atom. The second-order valence-corrected chi connectivity index (χ2v) is 11.4. The standard InChI is InChI=1S/C23H27ClFN7O4S/c1-13(2)32-11-16(20(30-32)15-9-14(24)10-18(19(15)25)31-37(4,34)35)17-5-8-26-21(28-17)27-12-23(6-7-23)29-22(33)36-3/h5,8-11,13,31H,6-7,12H2,1-4H3,(H,29,33)(H,26,27,28). The zero-order valence-corrected chi connectivity index (χ0v) is 22.2. The number of anilines is 2. The van der Waals surface area contributed by atoms with Crippen molar-refractivity contribution in [2.24, 2.45) is 0 Å². The number of aromatic nitrogens is 4. The molecule has 0 radical (unpaired) electrons. The summed E-state index contributed by atoms with van der Waals surface area (Å²) in [7, 11) is -2.44. The topological polar surface area (TPSA) is 140 Å². The van der Waals surface area contributed by atoms with Crippen LogP contribution in [0.5, 0.6) is 0 Å². The minimum absolute atomic E-state index is 0.0142. The molecule has 37 heavy (non-hydrogen) atoms. The van der Waals surface area contributed by atoms with Gasteiger partial charge in [0.2, 0.25) is 16.0 Å². The van der Waals surface area contributed by atoms with Gasteiger partial charge in [-0.05, 0) is 44.9 Å². The molecule has 1 aliphatic carbocycles. The summed E-state index contributed by atoms with van der Waals surface area (Å²) in [6, 6.07) is 4.19. The smallest absolute Gasteiger partial charge is 0.407 e. The number of rotatable bonds is 9. The lowest BCUT2D eigenvalue weighted by Gasteiger charge is -2.17. The monoisotopic (exact) mass is 551 g/mol. The molecule has 2 heterocycles. The highest BCUT2D eigenvalue weighted by Gasteiger charge is 2.44. The van der Waals surface area contributed by atoms with Crippen LogP contribution in [0.25, 0.3) is 22.5 Å². The number of carbonyl (C=O) groups excluding carboxylic acids is 1. The van der Waals surface area contributed by atoms with E-state index in [-0.39, 0.29) is 28.0 Å². The molecule has 11 nitrogen and oxygen atoms in total. The minimum Gasteiger partial charge on any atom is -0.453 e. The predicted molar refractivity (Wildman–Crippen MR) is 139 cm³/mol. The van der Waals surface area contributed by atoms with Crippen molar-refractivity contribution in [3.8, 4) is 22.5 Å². The Morgan fingerprint density at radius 3 is 2.65 bits per heavy atom. The fraction of sp³-hybridized carbons (Fsp3) is 0.391. The van der Waals surface area contributed by atoms with Gasteiger partial charge < -0.3 is 15.4 Å². The van der Waals surface area contributed by atoms with E-state index in [4.69, 9.17) is 11.6 Å². The third-order valence-electron chi connectivity index (χ3n) is 5.77. The van der Waals surface area contributed by atoms with Crippen molar-refractivity contribution < 1.29 is 22.3 Å². The van der Waals surface area contributed by atoms with Gasteiger partial charge in [-0.3, -0.25) is 9.40 Å². The number of sulfonamides is 1. The summed E-state index contributed by atoms with van der Waals surface area (Å²) in [6.45, 7) is 4.23. The highest BCUT2D eigenvalue weighted by atomic mass is 35.5. The largest absolute Gasteiger partial charge is 0.453 e. The maximum Gasteiger partial charge on any atom is 0.407 e. The van der Waals surface area contributed by atoms with E-state index in [1.165, 1.54) is 19.2 Å². The lowest BCUT2D eigenvalue weighted by Crippen LogP contribution is -2.42. The normalized spacial score (nSPS) is 14.4. The molecule has 0 bridgehead atoms. The number of hydrogen-bond donors (Lipinski definition) is 3. The van der Waals surface area contributed by atoms with Gasteiger partial charge in [-0.1, -0.05) is 11.6 Å². The highest BCUT2D eigenvalue weighted by Crippen LogP contribution is 2.38. The molecule has 4 rings (SSSR count). The van der Waals surface area contributed by atoms with E-state index in [9.17, 15) is 13.2 Å². The van der Waals surface area contributed by atoms with Crippen LogP contribution in [0.3, 0.4) is 0 Å². The third-order valence-corrected chi connectivity index (χ3v) is 6.58. The van der Waals surface area contributed by atoms with E-state index < -0.39 is 27.5 Å². The number of nitrogens with zero attached hydrogens (tertiary/aromatic N) is 4. The van der Waals surface area contributed by atoms with Crippen LogP contribution in [-0.2, 0) is 14.8 Å². The molecular formula is C23H27ClFN7O4S. The quantitative estimate of drug-likeness (QED) is 0.362. The van der Waals surface area contributed by atoms with Gasteiger partial charge in [-0.15, -0.1) is 0 Å². The summed E-state index contributed by atoms with van der Waals surface area (Å²) in [5, 5.41) is 10.6. The van der Waals surface area contributed by atoms with Gasteiger partial charge in [-0.2, -0.15) is 5.10 Å². The number of hydrogen-bond acceptors (Lipinski definition) is 8. The molecule has 1 aromatic carbocycles. The van der Waals surface area contributed by atoms with E-state index >= 15 is 4.39 Å². The zero-order valence-electron chi connectivity index (χ0n) is 20.7. The molecule has 1 aliphatic rings. The number of alkyl carbamates (subject to hydrolysis) is 1. The van der Waals surface area contributed by atoms with Gasteiger partial charge in [-0.25, -0.2) is 27.6 Å². The molecule has 0 saturated heterocycles. The first-order valence-corrected chi connectivity index (χ1v) is 13.7. The molecule has 0 spiro atoms. The fourth-order valence-corrected chi connectivity index (χ4v) is 4.45. The first-order chi connectivity index (χ1) is 17.4. The van der Waals surface area contributed by atoms with E-state index in [1.807, 2.05) is 13.8 Å². The van der Waals surface area contributed by atoms with Crippen LogP contribution < -0.4 is 15.4 Å². The van der Waals surface area contributed by atoms with Crippen molar-refractivity contribution in [1.29, 1.82) is 0 Å². The third kappa shape index (κ3) is 6.28. The van der Waals surface area contributed by atoms with Gasteiger partial charge in [0, 0.05) is 41.1 Å². The molecule has 3 aromatic rings. The zero-order chi connectivity index (χ0) is 27.0. The van der Waals surface area contributed by atoms with Gasteiger partial charge >= 0.3 is 6.09 Å². The van der Waals surface area contributed by atoms with Crippen molar-refractivity contribution in [1.82, 2.24) is 25.1 Å². The van der Waals surface area contributed by atoms with Gasteiger partial charge in [0.1, 0.15) is 5.69 Å². The molecule has 198 valence electrons. The Labute approximate surface area is 218 Å². The molecule has 0 aliphatic heterocycles. The van der Waals surface area contributed by atoms with Crippen molar-refractivity contribution in [2.45, 2.75) is 38.3 Å². The van der Waals surface area contributed by atoms with E-state index in [1.54, 1.807) is 23.1 Å². The van der Waals surface area contributed by atoms with Crippen molar-refractivity contribution in [2.75, 3.05) is 29.9 Å². The molecular weight excluding hydrogens is 525 g/mol. The van der Waals surface area contributed by atoms with Gasteiger partial charge in [0.15, 0.2) is 5.82 Å². The fourth-order valence-electron chi connectivity index (χ4n) is 3.68. The average molecular weight is 552 g/mol. The molecule has 2 aromatic heterocycles. The van der Waals surface area contributed by atoms with Crippen molar-refractivity contribution in [3.63, 3.8) is 0 Å². The molecule has 14 heteroatoms. The summed E-state index contributed by atoms with van der Waals surface area (Å²) >= 11 is 6.22. The number of benzene rings is 1. The number of nitrogens with one attached hydrogen (secondary N) is 3. The lowest BCUT2D eigenvalue weighted by atomic mass is 10.0. The van der Waals surface area contributed by atoms with Crippen LogP contribution >= 0.6 is 11.6 Å². The van der Waals surface area contributed by atoms with Crippen LogP contribution in [0.15, 0.2) is 30.6 Å². The predicted octanol–water partition coefficient (Wildman–Crippen LogP) is 4.05. The molecule has 1 saturated carbocycles. The van der Waals surface area contributed by atoms with Crippen molar-refractivity contribution in [3.05, 3.63) is 41.4 Å². The first-order valence-electron chi connectivity index (χ1n) is 11.4. The average Bonchev–Trinajstić information content (AvgIpc) is 3.43. The van der Waals surface area contributed by atoms with Crippen LogP contribution in [0.2, 0.25) is 5.02 Å². The Hall–Kier alpha value is -3.45. The number of amides is 1. The summed E-state index contributed by atoms with van der Waals surface area (Å²) < 4.78 is 47.5. The van der Waals surface area contributed by atoms with Gasteiger partial charge in [0.05, 0.1) is 30.3 Å². The molecule has 0 unspecified atom stereocenters. The maximum atomic E-state index is 15.5. The minimum atomic E-state index is -3.75. The van der Waals surface area contributed by atoms with Gasteiger partial charge in [0.25, 0.3) is 0 Å². The Bertz CT molecular complexity index is 1440. The first kappa shape index (κ1) is 26.6. The van der Waals surface area contributed by atoms with Crippen LogP contribution in [0.4, 0.5) is 20.8 Å². The van der Waals surface area contributed by atoms with Crippen LogP contribution in [0, 0.1) is 5.82 Å². The van der Waals surface area contributed by atoms with E-state index in [0.717, 1.165) is 19.1 Å². The highest BCUT2D eigenvalue weighted by molar-refractivity contribution is 7.92. The second-order valence-electron chi connectivity index (χ2n) is 9.17. The number of ether oxygens (including phenoxy) is 1. The Morgan fingerprint density at radius 2 is 2.03 bits per heavy atom. The van der Waals surface area contributed by atoms with Crippen LogP contribution in [-0.4, -0.2) is 59.7 Å².